The number of likely N-dealkylation sites (tertiary alicyclic amines) is 1. The van der Waals surface area contributed by atoms with E-state index in [1.54, 1.807) is 7.11 Å². The van der Waals surface area contributed by atoms with Crippen molar-refractivity contribution in [3.8, 4) is 5.75 Å². The molecule has 1 aromatic rings. The first-order valence-electron chi connectivity index (χ1n) is 12.3. The Morgan fingerprint density at radius 2 is 2.06 bits per heavy atom. The van der Waals surface area contributed by atoms with Gasteiger partial charge in [0.05, 0.1) is 32.0 Å². The van der Waals surface area contributed by atoms with Gasteiger partial charge in [0.2, 0.25) is 0 Å². The van der Waals surface area contributed by atoms with Crippen molar-refractivity contribution >= 4 is 5.96 Å². The molecule has 7 heteroatoms. The molecule has 2 saturated heterocycles. The topological polar surface area (TPSA) is 64.6 Å². The van der Waals surface area contributed by atoms with Crippen LogP contribution in [0.5, 0.6) is 5.75 Å². The van der Waals surface area contributed by atoms with Gasteiger partial charge in [-0.25, -0.2) is 4.99 Å². The first kappa shape index (κ1) is 24.8. The van der Waals surface area contributed by atoms with E-state index in [4.69, 9.17) is 23.9 Å². The molecular weight excluding hydrogens is 406 g/mol. The molecule has 1 unspecified atom stereocenters. The highest BCUT2D eigenvalue weighted by Crippen LogP contribution is 2.19. The van der Waals surface area contributed by atoms with Crippen LogP contribution in [0.4, 0.5) is 0 Å². The molecule has 3 rings (SSSR count). The number of guanidine groups is 1. The van der Waals surface area contributed by atoms with Gasteiger partial charge in [-0.2, -0.15) is 0 Å². The molecule has 0 bridgehead atoms. The molecule has 1 N–H and O–H groups in total. The van der Waals surface area contributed by atoms with Crippen molar-refractivity contribution in [1.29, 1.82) is 0 Å². The third kappa shape index (κ3) is 8.60. The average Bonchev–Trinajstić information content (AvgIpc) is 2.84. The third-order valence-electron chi connectivity index (χ3n) is 5.94. The molecule has 0 saturated carbocycles. The van der Waals surface area contributed by atoms with Crippen molar-refractivity contribution < 1.29 is 18.9 Å². The SMILES string of the molecule is CCNC(=NCc1cccc(OCCCOC)c1)N1CCC(OCC2CCCCO2)CC1. The summed E-state index contributed by atoms with van der Waals surface area (Å²) in [5.41, 5.74) is 1.15. The lowest BCUT2D eigenvalue weighted by atomic mass is 10.1. The van der Waals surface area contributed by atoms with E-state index in [0.717, 1.165) is 75.8 Å². The Balaban J connectivity index is 1.45. The Morgan fingerprint density at radius 3 is 2.81 bits per heavy atom. The molecule has 0 aromatic heterocycles. The van der Waals surface area contributed by atoms with Crippen LogP contribution in [0.25, 0.3) is 0 Å². The number of hydrogen-bond donors (Lipinski definition) is 1. The second-order valence-electron chi connectivity index (χ2n) is 8.52. The molecule has 0 aliphatic carbocycles. The largest absolute Gasteiger partial charge is 0.493 e. The van der Waals surface area contributed by atoms with Gasteiger partial charge in [0, 0.05) is 46.4 Å². The van der Waals surface area contributed by atoms with Crippen molar-refractivity contribution in [3.05, 3.63) is 29.8 Å². The number of hydrogen-bond acceptors (Lipinski definition) is 5. The number of methoxy groups -OCH3 is 1. The number of piperidine rings is 1. The number of benzene rings is 1. The maximum Gasteiger partial charge on any atom is 0.194 e. The molecule has 1 aromatic carbocycles. The maximum absolute atomic E-state index is 6.17. The lowest BCUT2D eigenvalue weighted by molar-refractivity contribution is -0.0721. The Labute approximate surface area is 193 Å². The van der Waals surface area contributed by atoms with Gasteiger partial charge in [-0.15, -0.1) is 0 Å². The summed E-state index contributed by atoms with van der Waals surface area (Å²) in [5.74, 6) is 1.87. The van der Waals surface area contributed by atoms with Crippen molar-refractivity contribution in [3.63, 3.8) is 0 Å². The predicted molar refractivity (Wildman–Crippen MR) is 127 cm³/mol. The summed E-state index contributed by atoms with van der Waals surface area (Å²) >= 11 is 0. The molecule has 0 spiro atoms. The number of aliphatic imine (C=N–C) groups is 1. The van der Waals surface area contributed by atoms with E-state index in [1.165, 1.54) is 12.8 Å². The fraction of sp³-hybridized carbons (Fsp3) is 0.720. The van der Waals surface area contributed by atoms with Crippen molar-refractivity contribution in [2.75, 3.05) is 53.2 Å². The number of rotatable bonds is 11. The van der Waals surface area contributed by atoms with Crippen LogP contribution in [0.3, 0.4) is 0 Å². The van der Waals surface area contributed by atoms with Crippen LogP contribution < -0.4 is 10.1 Å². The molecule has 2 aliphatic rings. The van der Waals surface area contributed by atoms with Crippen LogP contribution in [0, 0.1) is 0 Å². The zero-order valence-corrected chi connectivity index (χ0v) is 19.9. The fourth-order valence-electron chi connectivity index (χ4n) is 4.14. The molecule has 2 aliphatic heterocycles. The van der Waals surface area contributed by atoms with Crippen LogP contribution in [0.2, 0.25) is 0 Å². The first-order chi connectivity index (χ1) is 15.8. The van der Waals surface area contributed by atoms with Gasteiger partial charge >= 0.3 is 0 Å². The van der Waals surface area contributed by atoms with Gasteiger partial charge in [0.25, 0.3) is 0 Å². The minimum atomic E-state index is 0.292. The van der Waals surface area contributed by atoms with Crippen molar-refractivity contribution in [2.45, 2.75) is 64.2 Å². The van der Waals surface area contributed by atoms with Crippen LogP contribution >= 0.6 is 0 Å². The molecule has 0 radical (unpaired) electrons. The molecule has 2 fully saturated rings. The minimum Gasteiger partial charge on any atom is -0.493 e. The van der Waals surface area contributed by atoms with Crippen LogP contribution in [0.15, 0.2) is 29.3 Å². The summed E-state index contributed by atoms with van der Waals surface area (Å²) in [7, 11) is 1.71. The first-order valence-corrected chi connectivity index (χ1v) is 12.3. The monoisotopic (exact) mass is 447 g/mol. The summed E-state index contributed by atoms with van der Waals surface area (Å²) in [6.07, 6.45) is 7.15. The molecule has 1 atom stereocenters. The van der Waals surface area contributed by atoms with E-state index in [-0.39, 0.29) is 0 Å². The molecule has 180 valence electrons. The van der Waals surface area contributed by atoms with E-state index >= 15 is 0 Å². The van der Waals surface area contributed by atoms with Gasteiger partial charge in [0.15, 0.2) is 5.96 Å². The molecular formula is C25H41N3O4. The Morgan fingerprint density at radius 1 is 1.19 bits per heavy atom. The maximum atomic E-state index is 6.17. The lowest BCUT2D eigenvalue weighted by Crippen LogP contribution is -2.47. The summed E-state index contributed by atoms with van der Waals surface area (Å²) in [6, 6.07) is 8.20. The van der Waals surface area contributed by atoms with Gasteiger partial charge in [-0.3, -0.25) is 0 Å². The fourth-order valence-corrected chi connectivity index (χ4v) is 4.14. The van der Waals surface area contributed by atoms with Crippen LogP contribution in [-0.2, 0) is 20.8 Å². The second kappa shape index (κ2) is 14.3. The van der Waals surface area contributed by atoms with E-state index in [0.29, 0.717) is 32.0 Å². The van der Waals surface area contributed by atoms with Crippen molar-refractivity contribution in [2.24, 2.45) is 4.99 Å². The van der Waals surface area contributed by atoms with E-state index in [9.17, 15) is 0 Å². The average molecular weight is 448 g/mol. The highest BCUT2D eigenvalue weighted by Gasteiger charge is 2.23. The quantitative estimate of drug-likeness (QED) is 0.318. The van der Waals surface area contributed by atoms with Gasteiger partial charge in [-0.1, -0.05) is 12.1 Å². The number of nitrogens with zero attached hydrogens (tertiary/aromatic N) is 2. The third-order valence-corrected chi connectivity index (χ3v) is 5.94. The standard InChI is InChI=1S/C25H41N3O4/c1-3-26-25(27-19-21-8-6-10-23(18-21)30-17-7-15-29-2)28-13-11-22(12-14-28)32-20-24-9-4-5-16-31-24/h6,8,10,18,22,24H,3-5,7,9,11-17,19-20H2,1-2H3,(H,26,27). The summed E-state index contributed by atoms with van der Waals surface area (Å²) in [4.78, 5) is 7.25. The van der Waals surface area contributed by atoms with Crippen molar-refractivity contribution in [1.82, 2.24) is 10.2 Å². The molecule has 7 nitrogen and oxygen atoms in total. The smallest absolute Gasteiger partial charge is 0.194 e. The van der Waals surface area contributed by atoms with E-state index < -0.39 is 0 Å². The molecule has 32 heavy (non-hydrogen) atoms. The van der Waals surface area contributed by atoms with E-state index in [1.807, 2.05) is 12.1 Å². The van der Waals surface area contributed by atoms with Gasteiger partial charge in [0.1, 0.15) is 5.75 Å². The van der Waals surface area contributed by atoms with Crippen LogP contribution in [0.1, 0.15) is 51.0 Å². The Hall–Kier alpha value is -1.83. The number of nitrogens with one attached hydrogen (secondary N) is 1. The summed E-state index contributed by atoms with van der Waals surface area (Å²) < 4.78 is 22.9. The zero-order valence-electron chi connectivity index (χ0n) is 19.9. The lowest BCUT2D eigenvalue weighted by Gasteiger charge is -2.35. The second-order valence-corrected chi connectivity index (χ2v) is 8.52. The Bertz CT molecular complexity index is 671. The highest BCUT2D eigenvalue weighted by atomic mass is 16.5. The number of ether oxygens (including phenoxy) is 4. The van der Waals surface area contributed by atoms with Gasteiger partial charge < -0.3 is 29.2 Å². The summed E-state index contributed by atoms with van der Waals surface area (Å²) in [6.45, 7) is 8.53. The van der Waals surface area contributed by atoms with Gasteiger partial charge in [-0.05, 0) is 56.7 Å². The van der Waals surface area contributed by atoms with Crippen LogP contribution in [-0.4, -0.2) is 76.2 Å². The normalized spacial score (nSPS) is 20.4. The zero-order chi connectivity index (χ0) is 22.4. The minimum absolute atomic E-state index is 0.292. The van der Waals surface area contributed by atoms with E-state index in [2.05, 4.69) is 29.3 Å². The Kier molecular flexibility index (Phi) is 11.1. The summed E-state index contributed by atoms with van der Waals surface area (Å²) in [5, 5.41) is 3.45. The highest BCUT2D eigenvalue weighted by molar-refractivity contribution is 5.80. The molecule has 2 heterocycles. The predicted octanol–water partition coefficient (Wildman–Crippen LogP) is 3.62. The molecule has 0 amide bonds.